The van der Waals surface area contributed by atoms with Crippen LogP contribution in [0, 0.1) is 0 Å². The second kappa shape index (κ2) is 9.56. The third kappa shape index (κ3) is 5.02. The van der Waals surface area contributed by atoms with Crippen LogP contribution in [0.2, 0.25) is 0 Å². The number of aliphatic hydroxyl groups is 4. The minimum Gasteiger partial charge on any atom is -0.394 e. The highest BCUT2D eigenvalue weighted by Gasteiger charge is 2.90. The van der Waals surface area contributed by atoms with Crippen LogP contribution in [0.15, 0.2) is 0 Å². The van der Waals surface area contributed by atoms with Crippen molar-refractivity contribution in [3.63, 3.8) is 0 Å². The van der Waals surface area contributed by atoms with Crippen LogP contribution >= 0.6 is 11.8 Å². The summed E-state index contributed by atoms with van der Waals surface area (Å²) in [6, 6.07) is 0. The maximum Gasteiger partial charge on any atom is 0.460 e. The third-order valence-corrected chi connectivity index (χ3v) is 5.67. The van der Waals surface area contributed by atoms with Crippen molar-refractivity contribution in [3.8, 4) is 0 Å². The Morgan fingerprint density at radius 1 is 0.676 bits per heavy atom. The molecule has 0 aromatic rings. The van der Waals surface area contributed by atoms with Gasteiger partial charge in [0.1, 0.15) is 29.9 Å². The molecule has 0 aromatic carbocycles. The van der Waals surface area contributed by atoms with E-state index in [2.05, 4.69) is 4.74 Å². The summed E-state index contributed by atoms with van der Waals surface area (Å²) in [5.41, 5.74) is -5.85. The SMILES string of the molecule is OC[C@H]1O[C@@H](SC(F)CC(F)(F)C(F)(F)C(F)(F)C(F)(F)C(F)(F)C(F)(F)F)[C@H](O)[C@@H](O)[C@@H]1O. The van der Waals surface area contributed by atoms with Gasteiger partial charge in [-0.05, 0) is 0 Å². The third-order valence-electron chi connectivity index (χ3n) is 4.55. The molecule has 0 saturated carbocycles. The highest BCUT2D eigenvalue weighted by Crippen LogP contribution is 2.61. The largest absolute Gasteiger partial charge is 0.460 e. The van der Waals surface area contributed by atoms with Crippen molar-refractivity contribution >= 4 is 11.8 Å². The van der Waals surface area contributed by atoms with E-state index in [9.17, 15) is 76.8 Å². The first-order valence-corrected chi connectivity index (χ1v) is 9.40. The van der Waals surface area contributed by atoms with Crippen LogP contribution in [-0.4, -0.2) is 98.2 Å². The van der Waals surface area contributed by atoms with Crippen molar-refractivity contribution < 1.29 is 86.6 Å². The Labute approximate surface area is 183 Å². The topological polar surface area (TPSA) is 90.2 Å². The summed E-state index contributed by atoms with van der Waals surface area (Å²) < 4.78 is 188. The van der Waals surface area contributed by atoms with E-state index in [1.807, 2.05) is 0 Å². The van der Waals surface area contributed by atoms with Crippen molar-refractivity contribution in [1.82, 2.24) is 0 Å². The fraction of sp³-hybridized carbons (Fsp3) is 1.00. The predicted molar refractivity (Wildman–Crippen MR) is 81.7 cm³/mol. The zero-order valence-electron chi connectivity index (χ0n) is 15.8. The first-order valence-electron chi connectivity index (χ1n) is 8.46. The summed E-state index contributed by atoms with van der Waals surface area (Å²) in [7, 11) is 0. The standard InChI is InChI=1S/C14H14F14O5S/c15-4(34-8-7(32)6(31)5(30)3(2-29)33-8)1-9(16,17)10(18,19)11(20,21)12(22,23)13(24,25)14(26,27)28/h3-8,29-32H,1-2H2/t3-,4?,5-,6+,7-,8+/m1/s1. The Morgan fingerprint density at radius 3 is 1.53 bits per heavy atom. The van der Waals surface area contributed by atoms with Gasteiger partial charge in [0, 0.05) is 0 Å². The van der Waals surface area contributed by atoms with E-state index >= 15 is 0 Å². The van der Waals surface area contributed by atoms with Crippen molar-refractivity contribution in [2.24, 2.45) is 0 Å². The van der Waals surface area contributed by atoms with Gasteiger partial charge in [-0.2, -0.15) is 57.1 Å². The molecule has 0 bridgehead atoms. The van der Waals surface area contributed by atoms with Gasteiger partial charge in [-0.3, -0.25) is 0 Å². The molecular formula is C14H14F14O5S. The molecule has 1 fully saturated rings. The number of halogens is 14. The molecule has 1 unspecified atom stereocenters. The highest BCUT2D eigenvalue weighted by molar-refractivity contribution is 8.00. The lowest BCUT2D eigenvalue weighted by Crippen LogP contribution is -2.70. The molecule has 0 amide bonds. The molecule has 1 heterocycles. The van der Waals surface area contributed by atoms with E-state index in [0.29, 0.717) is 0 Å². The van der Waals surface area contributed by atoms with Gasteiger partial charge in [0.25, 0.3) is 0 Å². The molecular weight excluding hydrogens is 546 g/mol. The van der Waals surface area contributed by atoms with E-state index in [4.69, 9.17) is 5.11 Å². The summed E-state index contributed by atoms with van der Waals surface area (Å²) in [6.45, 7) is -1.14. The molecule has 34 heavy (non-hydrogen) atoms. The van der Waals surface area contributed by atoms with Crippen molar-refractivity contribution in [3.05, 3.63) is 0 Å². The zero-order valence-corrected chi connectivity index (χ0v) is 16.6. The van der Waals surface area contributed by atoms with Gasteiger partial charge in [-0.25, -0.2) is 4.39 Å². The molecule has 0 aliphatic carbocycles. The number of ether oxygens (including phenoxy) is 1. The second-order valence-electron chi connectivity index (χ2n) is 6.95. The van der Waals surface area contributed by atoms with Gasteiger partial charge in [-0.15, -0.1) is 0 Å². The van der Waals surface area contributed by atoms with Gasteiger partial charge < -0.3 is 25.2 Å². The van der Waals surface area contributed by atoms with Crippen molar-refractivity contribution in [2.45, 2.75) is 77.6 Å². The number of hydrogen-bond donors (Lipinski definition) is 4. The fourth-order valence-electron chi connectivity index (χ4n) is 2.51. The van der Waals surface area contributed by atoms with E-state index < -0.39 is 95.9 Å². The van der Waals surface area contributed by atoms with Crippen molar-refractivity contribution in [2.75, 3.05) is 6.61 Å². The zero-order chi connectivity index (χ0) is 27.3. The maximum atomic E-state index is 13.9. The number of aliphatic hydroxyl groups excluding tert-OH is 4. The maximum absolute atomic E-state index is 13.9. The molecule has 204 valence electrons. The average Bonchev–Trinajstić information content (AvgIpc) is 2.66. The monoisotopic (exact) mass is 560 g/mol. The predicted octanol–water partition coefficient (Wildman–Crippen LogP) is 2.94. The summed E-state index contributed by atoms with van der Waals surface area (Å²) in [4.78, 5) is 0. The Kier molecular flexibility index (Phi) is 8.78. The van der Waals surface area contributed by atoms with Gasteiger partial charge >= 0.3 is 35.8 Å². The van der Waals surface area contributed by atoms with Crippen LogP contribution in [-0.2, 0) is 4.74 Å². The van der Waals surface area contributed by atoms with Crippen molar-refractivity contribution in [1.29, 1.82) is 0 Å². The Morgan fingerprint density at radius 2 is 1.12 bits per heavy atom. The number of thioether (sulfide) groups is 1. The van der Waals surface area contributed by atoms with E-state index in [1.54, 1.807) is 0 Å². The fourth-order valence-corrected chi connectivity index (χ4v) is 3.63. The Hall–Kier alpha value is -0.830. The summed E-state index contributed by atoms with van der Waals surface area (Å²) in [5.74, 6) is -38.5. The quantitative estimate of drug-likeness (QED) is 0.325. The lowest BCUT2D eigenvalue weighted by molar-refractivity contribution is -0.440. The molecule has 0 spiro atoms. The molecule has 5 nitrogen and oxygen atoms in total. The highest BCUT2D eigenvalue weighted by atomic mass is 32.2. The summed E-state index contributed by atoms with van der Waals surface area (Å²) in [6.07, 6.45) is -19.2. The Balaban J connectivity index is 3.16. The van der Waals surface area contributed by atoms with E-state index in [-0.39, 0.29) is 0 Å². The van der Waals surface area contributed by atoms with Crippen LogP contribution in [0.3, 0.4) is 0 Å². The first-order chi connectivity index (χ1) is 14.9. The molecule has 6 atom stereocenters. The minimum absolute atomic E-state index is 0.771. The summed E-state index contributed by atoms with van der Waals surface area (Å²) >= 11 is -0.771. The number of hydrogen-bond acceptors (Lipinski definition) is 6. The minimum atomic E-state index is -8.12. The van der Waals surface area contributed by atoms with E-state index in [0.717, 1.165) is 0 Å². The van der Waals surface area contributed by atoms with Gasteiger partial charge in [-0.1, -0.05) is 11.8 Å². The number of rotatable bonds is 9. The average molecular weight is 560 g/mol. The van der Waals surface area contributed by atoms with Gasteiger partial charge in [0.05, 0.1) is 13.0 Å². The molecule has 0 radical (unpaired) electrons. The second-order valence-corrected chi connectivity index (χ2v) is 8.20. The Bertz CT molecular complexity index is 703. The first kappa shape index (κ1) is 31.2. The molecule has 20 heteroatoms. The van der Waals surface area contributed by atoms with Gasteiger partial charge in [0.15, 0.2) is 5.50 Å². The molecule has 1 aliphatic heterocycles. The smallest absolute Gasteiger partial charge is 0.394 e. The van der Waals surface area contributed by atoms with Crippen LogP contribution in [0.25, 0.3) is 0 Å². The lowest BCUT2D eigenvalue weighted by atomic mass is 9.93. The molecule has 4 N–H and O–H groups in total. The molecule has 1 aliphatic rings. The summed E-state index contributed by atoms with van der Waals surface area (Å²) in [5, 5.41) is 37.4. The van der Waals surface area contributed by atoms with E-state index in [1.165, 1.54) is 0 Å². The normalized spacial score (nSPS) is 29.3. The van der Waals surface area contributed by atoms with Crippen LogP contribution in [0.1, 0.15) is 6.42 Å². The van der Waals surface area contributed by atoms with Crippen LogP contribution in [0.4, 0.5) is 61.5 Å². The van der Waals surface area contributed by atoms with Gasteiger partial charge in [0.2, 0.25) is 0 Å². The number of alkyl halides is 14. The molecule has 1 saturated heterocycles. The van der Waals surface area contributed by atoms with Crippen LogP contribution < -0.4 is 0 Å². The lowest BCUT2D eigenvalue weighted by Gasteiger charge is -2.41. The van der Waals surface area contributed by atoms with Crippen LogP contribution in [0.5, 0.6) is 0 Å². The molecule has 1 rings (SSSR count). The molecule has 0 aromatic heterocycles.